The second kappa shape index (κ2) is 6.06. The molecule has 0 aliphatic carbocycles. The molecule has 0 aromatic carbocycles. The Kier molecular flexibility index (Phi) is 4.43. The molecule has 1 aliphatic heterocycles. The molecule has 2 rings (SSSR count). The number of piperidine rings is 1. The molecule has 0 amide bonds. The highest BCUT2D eigenvalue weighted by molar-refractivity contribution is 5.04. The molecule has 90 valence electrons. The van der Waals surface area contributed by atoms with Gasteiger partial charge < -0.3 is 9.73 Å². The number of likely N-dealkylation sites (tertiary alicyclic amines) is 1. The quantitative estimate of drug-likeness (QED) is 0.828. The number of rotatable bonds is 5. The lowest BCUT2D eigenvalue weighted by Crippen LogP contribution is -2.42. The van der Waals surface area contributed by atoms with Gasteiger partial charge in [-0.05, 0) is 38.9 Å². The smallest absolute Gasteiger partial charge is 0.0947 e. The first kappa shape index (κ1) is 11.7. The molecule has 1 aromatic rings. The molecule has 0 spiro atoms. The van der Waals surface area contributed by atoms with Crippen molar-refractivity contribution in [1.82, 2.24) is 10.2 Å². The van der Waals surface area contributed by atoms with Crippen molar-refractivity contribution >= 4 is 0 Å². The normalized spacial score (nSPS) is 19.8. The summed E-state index contributed by atoms with van der Waals surface area (Å²) in [5, 5.41) is 3.48. The standard InChI is InChI=1S/C13H22N2O/c1-12(15-6-3-2-4-7-15)9-14-10-13-5-8-16-11-13/h5,8,11-12,14H,2-4,6-7,9-10H2,1H3. The van der Waals surface area contributed by atoms with Gasteiger partial charge in [-0.25, -0.2) is 0 Å². The van der Waals surface area contributed by atoms with Crippen LogP contribution in [0.25, 0.3) is 0 Å². The molecule has 1 unspecified atom stereocenters. The van der Waals surface area contributed by atoms with Crippen LogP contribution in [0.5, 0.6) is 0 Å². The molecule has 1 aliphatic rings. The van der Waals surface area contributed by atoms with Gasteiger partial charge in [0, 0.05) is 24.7 Å². The first-order valence-corrected chi connectivity index (χ1v) is 6.32. The Labute approximate surface area is 97.8 Å². The summed E-state index contributed by atoms with van der Waals surface area (Å²) in [7, 11) is 0. The van der Waals surface area contributed by atoms with E-state index in [2.05, 4.69) is 17.1 Å². The Morgan fingerprint density at radius 2 is 2.19 bits per heavy atom. The zero-order valence-corrected chi connectivity index (χ0v) is 10.1. The molecule has 0 saturated carbocycles. The Bertz CT molecular complexity index is 278. The van der Waals surface area contributed by atoms with Crippen LogP contribution in [-0.4, -0.2) is 30.6 Å². The number of nitrogens with one attached hydrogen (secondary N) is 1. The van der Waals surface area contributed by atoms with Crippen molar-refractivity contribution in [3.05, 3.63) is 24.2 Å². The molecule has 1 saturated heterocycles. The van der Waals surface area contributed by atoms with E-state index in [0.29, 0.717) is 6.04 Å². The third-order valence-corrected chi connectivity index (χ3v) is 3.36. The molecule has 16 heavy (non-hydrogen) atoms. The molecular weight excluding hydrogens is 200 g/mol. The molecule has 1 aromatic heterocycles. The zero-order chi connectivity index (χ0) is 11.2. The van der Waals surface area contributed by atoms with Gasteiger partial charge in [0.2, 0.25) is 0 Å². The molecule has 2 heterocycles. The monoisotopic (exact) mass is 222 g/mol. The summed E-state index contributed by atoms with van der Waals surface area (Å²) in [6, 6.07) is 2.66. The Morgan fingerprint density at radius 3 is 2.88 bits per heavy atom. The highest BCUT2D eigenvalue weighted by atomic mass is 16.3. The minimum Gasteiger partial charge on any atom is -0.472 e. The van der Waals surface area contributed by atoms with Crippen LogP contribution in [0, 0.1) is 0 Å². The highest BCUT2D eigenvalue weighted by Crippen LogP contribution is 2.11. The van der Waals surface area contributed by atoms with Crippen molar-refractivity contribution in [3.8, 4) is 0 Å². The molecule has 1 atom stereocenters. The maximum Gasteiger partial charge on any atom is 0.0947 e. The molecule has 1 fully saturated rings. The lowest BCUT2D eigenvalue weighted by atomic mass is 10.1. The first-order chi connectivity index (χ1) is 7.86. The predicted molar refractivity (Wildman–Crippen MR) is 65.3 cm³/mol. The van der Waals surface area contributed by atoms with Gasteiger partial charge in [0.15, 0.2) is 0 Å². The van der Waals surface area contributed by atoms with E-state index in [4.69, 9.17) is 4.42 Å². The van der Waals surface area contributed by atoms with E-state index in [9.17, 15) is 0 Å². The highest BCUT2D eigenvalue weighted by Gasteiger charge is 2.15. The second-order valence-corrected chi connectivity index (χ2v) is 4.71. The topological polar surface area (TPSA) is 28.4 Å². The van der Waals surface area contributed by atoms with Crippen molar-refractivity contribution in [2.75, 3.05) is 19.6 Å². The summed E-state index contributed by atoms with van der Waals surface area (Å²) >= 11 is 0. The van der Waals surface area contributed by atoms with Crippen molar-refractivity contribution in [2.24, 2.45) is 0 Å². The minimum atomic E-state index is 0.646. The third-order valence-electron chi connectivity index (χ3n) is 3.36. The molecule has 0 bridgehead atoms. The molecular formula is C13H22N2O. The van der Waals surface area contributed by atoms with Crippen LogP contribution < -0.4 is 5.32 Å². The average molecular weight is 222 g/mol. The van der Waals surface area contributed by atoms with Crippen LogP contribution in [0.4, 0.5) is 0 Å². The molecule has 3 heteroatoms. The van der Waals surface area contributed by atoms with Crippen LogP contribution in [0.15, 0.2) is 23.0 Å². The summed E-state index contributed by atoms with van der Waals surface area (Å²) in [5.41, 5.74) is 1.23. The van der Waals surface area contributed by atoms with E-state index in [1.165, 1.54) is 37.9 Å². The number of hydrogen-bond acceptors (Lipinski definition) is 3. The lowest BCUT2D eigenvalue weighted by molar-refractivity contribution is 0.170. The van der Waals surface area contributed by atoms with Crippen LogP contribution in [-0.2, 0) is 6.54 Å². The summed E-state index contributed by atoms with van der Waals surface area (Å²) < 4.78 is 5.04. The van der Waals surface area contributed by atoms with Crippen LogP contribution in [0.1, 0.15) is 31.7 Å². The van der Waals surface area contributed by atoms with E-state index in [1.54, 1.807) is 12.5 Å². The molecule has 3 nitrogen and oxygen atoms in total. The summed E-state index contributed by atoms with van der Waals surface area (Å²) in [5.74, 6) is 0. The van der Waals surface area contributed by atoms with Gasteiger partial charge in [-0.3, -0.25) is 4.90 Å². The van der Waals surface area contributed by atoms with E-state index >= 15 is 0 Å². The van der Waals surface area contributed by atoms with E-state index in [-0.39, 0.29) is 0 Å². The largest absolute Gasteiger partial charge is 0.472 e. The summed E-state index contributed by atoms with van der Waals surface area (Å²) in [4.78, 5) is 2.59. The fourth-order valence-corrected chi connectivity index (χ4v) is 2.31. The first-order valence-electron chi connectivity index (χ1n) is 6.32. The zero-order valence-electron chi connectivity index (χ0n) is 10.1. The van der Waals surface area contributed by atoms with Crippen LogP contribution in [0.2, 0.25) is 0 Å². The van der Waals surface area contributed by atoms with Crippen molar-refractivity contribution in [2.45, 2.75) is 38.8 Å². The summed E-state index contributed by atoms with van der Waals surface area (Å²) in [6.07, 6.45) is 7.67. The van der Waals surface area contributed by atoms with Gasteiger partial charge in [0.05, 0.1) is 12.5 Å². The van der Waals surface area contributed by atoms with Gasteiger partial charge in [0.25, 0.3) is 0 Å². The van der Waals surface area contributed by atoms with Gasteiger partial charge in [-0.2, -0.15) is 0 Å². The van der Waals surface area contributed by atoms with Crippen molar-refractivity contribution in [1.29, 1.82) is 0 Å². The van der Waals surface area contributed by atoms with Gasteiger partial charge in [-0.15, -0.1) is 0 Å². The Morgan fingerprint density at radius 1 is 1.38 bits per heavy atom. The maximum absolute atomic E-state index is 5.04. The minimum absolute atomic E-state index is 0.646. The predicted octanol–water partition coefficient (Wildman–Crippen LogP) is 2.24. The maximum atomic E-state index is 5.04. The second-order valence-electron chi connectivity index (χ2n) is 4.71. The van der Waals surface area contributed by atoms with Crippen LogP contribution >= 0.6 is 0 Å². The molecule has 0 radical (unpaired) electrons. The lowest BCUT2D eigenvalue weighted by Gasteiger charge is -2.32. The number of furan rings is 1. The van der Waals surface area contributed by atoms with E-state index in [1.807, 2.05) is 6.07 Å². The van der Waals surface area contributed by atoms with E-state index < -0.39 is 0 Å². The average Bonchev–Trinajstić information content (AvgIpc) is 2.83. The van der Waals surface area contributed by atoms with E-state index in [0.717, 1.165) is 13.1 Å². The number of hydrogen-bond donors (Lipinski definition) is 1. The fourth-order valence-electron chi connectivity index (χ4n) is 2.31. The third kappa shape index (κ3) is 3.35. The van der Waals surface area contributed by atoms with Crippen molar-refractivity contribution in [3.63, 3.8) is 0 Å². The Hall–Kier alpha value is -0.800. The SMILES string of the molecule is CC(CNCc1ccoc1)N1CCCCC1. The summed E-state index contributed by atoms with van der Waals surface area (Å²) in [6.45, 7) is 6.83. The van der Waals surface area contributed by atoms with Gasteiger partial charge in [0.1, 0.15) is 0 Å². The van der Waals surface area contributed by atoms with Gasteiger partial charge in [-0.1, -0.05) is 6.42 Å². The van der Waals surface area contributed by atoms with Gasteiger partial charge >= 0.3 is 0 Å². The van der Waals surface area contributed by atoms with Crippen LogP contribution in [0.3, 0.4) is 0 Å². The Balaban J connectivity index is 1.65. The fraction of sp³-hybridized carbons (Fsp3) is 0.692. The number of nitrogens with zero attached hydrogens (tertiary/aromatic N) is 1. The van der Waals surface area contributed by atoms with Crippen molar-refractivity contribution < 1.29 is 4.42 Å². The molecule has 1 N–H and O–H groups in total.